The van der Waals surface area contributed by atoms with Crippen LogP contribution in [0, 0.1) is 0 Å². The van der Waals surface area contributed by atoms with Gasteiger partial charge in [-0.3, -0.25) is 9.59 Å². The minimum Gasteiger partial charge on any atom is -0.481 e. The fourth-order valence-electron chi connectivity index (χ4n) is 1.19. The minimum atomic E-state index is -0.847. The zero-order valence-electron chi connectivity index (χ0n) is 8.88. The highest BCUT2D eigenvalue weighted by Crippen LogP contribution is 1.99. The Balaban J connectivity index is 3.59. The third-order valence-corrected chi connectivity index (χ3v) is 2.15. The van der Waals surface area contributed by atoms with Crippen molar-refractivity contribution in [1.29, 1.82) is 0 Å². The van der Waals surface area contributed by atoms with Gasteiger partial charge in [0.25, 0.3) is 0 Å². The van der Waals surface area contributed by atoms with Crippen LogP contribution in [-0.2, 0) is 9.59 Å². The third kappa shape index (κ3) is 6.46. The van der Waals surface area contributed by atoms with E-state index in [1.807, 2.05) is 13.8 Å². The Morgan fingerprint density at radius 2 is 1.79 bits per heavy atom. The van der Waals surface area contributed by atoms with Crippen molar-refractivity contribution >= 4 is 11.9 Å². The van der Waals surface area contributed by atoms with E-state index in [1.165, 1.54) is 0 Å². The number of hydrogen-bond acceptors (Lipinski definition) is 2. The van der Waals surface area contributed by atoms with Gasteiger partial charge in [-0.15, -0.1) is 0 Å². The van der Waals surface area contributed by atoms with E-state index < -0.39 is 5.97 Å². The molecule has 0 rings (SSSR count). The molecule has 0 fully saturated rings. The summed E-state index contributed by atoms with van der Waals surface area (Å²) in [6, 6.07) is 0.229. The van der Waals surface area contributed by atoms with Crippen LogP contribution in [0.25, 0.3) is 0 Å². The molecular weight excluding hydrogens is 182 g/mol. The lowest BCUT2D eigenvalue weighted by molar-refractivity contribution is -0.137. The number of carbonyl (C=O) groups excluding carboxylic acids is 1. The smallest absolute Gasteiger partial charge is 0.303 e. The number of carbonyl (C=O) groups is 2. The molecular formula is C10H19NO3. The van der Waals surface area contributed by atoms with Gasteiger partial charge in [0, 0.05) is 18.9 Å². The molecule has 14 heavy (non-hydrogen) atoms. The number of aliphatic carboxylic acids is 1. The van der Waals surface area contributed by atoms with Gasteiger partial charge < -0.3 is 10.4 Å². The van der Waals surface area contributed by atoms with Crippen molar-refractivity contribution in [2.45, 2.75) is 52.0 Å². The fraction of sp³-hybridized carbons (Fsp3) is 0.800. The zero-order chi connectivity index (χ0) is 11.0. The molecule has 0 atom stereocenters. The van der Waals surface area contributed by atoms with Gasteiger partial charge in [-0.1, -0.05) is 13.8 Å². The van der Waals surface area contributed by atoms with Gasteiger partial charge in [0.1, 0.15) is 0 Å². The molecule has 4 heteroatoms. The Labute approximate surface area is 84.7 Å². The van der Waals surface area contributed by atoms with Crippen molar-refractivity contribution < 1.29 is 14.7 Å². The highest BCUT2D eigenvalue weighted by molar-refractivity contribution is 5.77. The average Bonchev–Trinajstić information content (AvgIpc) is 2.13. The summed E-state index contributed by atoms with van der Waals surface area (Å²) in [6.07, 6.45) is 2.63. The van der Waals surface area contributed by atoms with Crippen LogP contribution in [0.5, 0.6) is 0 Å². The quantitative estimate of drug-likeness (QED) is 0.656. The first-order valence-corrected chi connectivity index (χ1v) is 5.11. The number of hydrogen-bond donors (Lipinski definition) is 2. The lowest BCUT2D eigenvalue weighted by Gasteiger charge is -2.14. The topological polar surface area (TPSA) is 66.4 Å². The molecule has 0 unspecified atom stereocenters. The van der Waals surface area contributed by atoms with Crippen molar-refractivity contribution in [2.75, 3.05) is 0 Å². The number of carboxylic acid groups (broad SMARTS) is 1. The SMILES string of the molecule is CCC(CC)NC(=O)CCCC(=O)O. The summed E-state index contributed by atoms with van der Waals surface area (Å²) in [4.78, 5) is 21.4. The van der Waals surface area contributed by atoms with E-state index in [-0.39, 0.29) is 18.4 Å². The Kier molecular flexibility index (Phi) is 6.80. The largest absolute Gasteiger partial charge is 0.481 e. The molecule has 0 heterocycles. The maximum atomic E-state index is 11.2. The normalized spacial score (nSPS) is 10.2. The summed E-state index contributed by atoms with van der Waals surface area (Å²) >= 11 is 0. The molecule has 0 saturated heterocycles. The molecule has 0 aromatic rings. The zero-order valence-corrected chi connectivity index (χ0v) is 8.88. The number of rotatable bonds is 7. The standard InChI is InChI=1S/C10H19NO3/c1-3-8(4-2)11-9(12)6-5-7-10(13)14/h8H,3-7H2,1-2H3,(H,11,12)(H,13,14). The molecule has 0 radical (unpaired) electrons. The summed E-state index contributed by atoms with van der Waals surface area (Å²) in [5.74, 6) is -0.889. The van der Waals surface area contributed by atoms with E-state index in [0.717, 1.165) is 12.8 Å². The van der Waals surface area contributed by atoms with Gasteiger partial charge in [-0.2, -0.15) is 0 Å². The van der Waals surface area contributed by atoms with Gasteiger partial charge in [-0.05, 0) is 19.3 Å². The van der Waals surface area contributed by atoms with Crippen molar-refractivity contribution in [1.82, 2.24) is 5.32 Å². The van der Waals surface area contributed by atoms with Gasteiger partial charge in [0.05, 0.1) is 0 Å². The summed E-state index contributed by atoms with van der Waals surface area (Å²) in [6.45, 7) is 4.04. The predicted octanol–water partition coefficient (Wildman–Crippen LogP) is 1.55. The molecule has 0 spiro atoms. The lowest BCUT2D eigenvalue weighted by Crippen LogP contribution is -2.33. The Morgan fingerprint density at radius 3 is 2.21 bits per heavy atom. The fourth-order valence-corrected chi connectivity index (χ4v) is 1.19. The minimum absolute atomic E-state index is 0.0417. The molecule has 82 valence electrons. The van der Waals surface area contributed by atoms with Crippen molar-refractivity contribution in [3.05, 3.63) is 0 Å². The second-order valence-corrected chi connectivity index (χ2v) is 3.33. The molecule has 1 amide bonds. The lowest BCUT2D eigenvalue weighted by atomic mass is 10.1. The van der Waals surface area contributed by atoms with Gasteiger partial charge >= 0.3 is 5.97 Å². The molecule has 0 aromatic carbocycles. The summed E-state index contributed by atoms with van der Waals surface area (Å²) in [5.41, 5.74) is 0. The third-order valence-electron chi connectivity index (χ3n) is 2.15. The summed E-state index contributed by atoms with van der Waals surface area (Å²) < 4.78 is 0. The highest BCUT2D eigenvalue weighted by Gasteiger charge is 2.08. The predicted molar refractivity (Wildman–Crippen MR) is 54.0 cm³/mol. The molecule has 0 aliphatic carbocycles. The van der Waals surface area contributed by atoms with E-state index >= 15 is 0 Å². The van der Waals surface area contributed by atoms with Crippen LogP contribution >= 0.6 is 0 Å². The van der Waals surface area contributed by atoms with Crippen LogP contribution in [0.4, 0.5) is 0 Å². The summed E-state index contributed by atoms with van der Waals surface area (Å²) in [7, 11) is 0. The van der Waals surface area contributed by atoms with Gasteiger partial charge in [0.15, 0.2) is 0 Å². The number of carboxylic acids is 1. The van der Waals surface area contributed by atoms with Crippen molar-refractivity contribution in [3.8, 4) is 0 Å². The summed E-state index contributed by atoms with van der Waals surface area (Å²) in [5, 5.41) is 11.2. The second-order valence-electron chi connectivity index (χ2n) is 3.33. The van der Waals surface area contributed by atoms with Gasteiger partial charge in [0.2, 0.25) is 5.91 Å². The maximum absolute atomic E-state index is 11.2. The second kappa shape index (κ2) is 7.35. The van der Waals surface area contributed by atoms with Crippen molar-refractivity contribution in [3.63, 3.8) is 0 Å². The first-order chi connectivity index (χ1) is 6.60. The van der Waals surface area contributed by atoms with E-state index in [9.17, 15) is 9.59 Å². The van der Waals surface area contributed by atoms with Crippen molar-refractivity contribution in [2.24, 2.45) is 0 Å². The monoisotopic (exact) mass is 201 g/mol. The Hall–Kier alpha value is -1.06. The van der Waals surface area contributed by atoms with E-state index in [2.05, 4.69) is 5.32 Å². The van der Waals surface area contributed by atoms with Crippen LogP contribution in [0.3, 0.4) is 0 Å². The molecule has 2 N–H and O–H groups in total. The first-order valence-electron chi connectivity index (χ1n) is 5.11. The highest BCUT2D eigenvalue weighted by atomic mass is 16.4. The first kappa shape index (κ1) is 12.9. The van der Waals surface area contributed by atoms with E-state index in [0.29, 0.717) is 12.8 Å². The van der Waals surface area contributed by atoms with E-state index in [4.69, 9.17) is 5.11 Å². The van der Waals surface area contributed by atoms with Crippen LogP contribution in [0.1, 0.15) is 46.0 Å². The Bertz CT molecular complexity index is 188. The number of amides is 1. The van der Waals surface area contributed by atoms with Crippen LogP contribution in [0.2, 0.25) is 0 Å². The maximum Gasteiger partial charge on any atom is 0.303 e. The van der Waals surface area contributed by atoms with Crippen LogP contribution < -0.4 is 5.32 Å². The molecule has 4 nitrogen and oxygen atoms in total. The Morgan fingerprint density at radius 1 is 1.21 bits per heavy atom. The number of nitrogens with one attached hydrogen (secondary N) is 1. The van der Waals surface area contributed by atoms with Crippen LogP contribution in [0.15, 0.2) is 0 Å². The van der Waals surface area contributed by atoms with Gasteiger partial charge in [-0.25, -0.2) is 0 Å². The molecule has 0 bridgehead atoms. The average molecular weight is 201 g/mol. The molecule has 0 aliphatic heterocycles. The van der Waals surface area contributed by atoms with Crippen LogP contribution in [-0.4, -0.2) is 23.0 Å². The van der Waals surface area contributed by atoms with E-state index in [1.54, 1.807) is 0 Å². The molecule has 0 aromatic heterocycles. The molecule has 0 aliphatic rings. The molecule has 0 saturated carbocycles.